The minimum atomic E-state index is -3.57. The van der Waals surface area contributed by atoms with E-state index in [4.69, 9.17) is 0 Å². The van der Waals surface area contributed by atoms with Crippen molar-refractivity contribution < 1.29 is 13.5 Å². The molecule has 0 radical (unpaired) electrons. The minimum absolute atomic E-state index is 0.0605. The number of hydrogen-bond donors (Lipinski definition) is 1. The van der Waals surface area contributed by atoms with Crippen molar-refractivity contribution in [2.24, 2.45) is 0 Å². The van der Waals surface area contributed by atoms with E-state index < -0.39 is 16.1 Å². The molecule has 102 valence electrons. The number of aromatic nitrogens is 2. The predicted molar refractivity (Wildman–Crippen MR) is 66.6 cm³/mol. The summed E-state index contributed by atoms with van der Waals surface area (Å²) in [5.41, 5.74) is 0. The van der Waals surface area contributed by atoms with Crippen LogP contribution in [0.15, 0.2) is 17.6 Å². The lowest BCUT2D eigenvalue weighted by Crippen LogP contribution is -2.42. The molecule has 1 atom stereocenters. The third-order valence-electron chi connectivity index (χ3n) is 3.14. The predicted octanol–water partition coefficient (Wildman–Crippen LogP) is 0.609. The average molecular weight is 273 g/mol. The highest BCUT2D eigenvalue weighted by atomic mass is 32.2. The van der Waals surface area contributed by atoms with Gasteiger partial charge in [0.2, 0.25) is 0 Å². The van der Waals surface area contributed by atoms with E-state index in [1.165, 1.54) is 10.6 Å². The van der Waals surface area contributed by atoms with E-state index in [1.807, 2.05) is 13.8 Å². The number of hydrogen-bond acceptors (Lipinski definition) is 4. The Kier molecular flexibility index (Phi) is 3.74. The SMILES string of the molecule is CC(C)n1cnc(S(=O)(=O)N2CCCC(O)C2)c1. The fourth-order valence-corrected chi connectivity index (χ4v) is 3.44. The summed E-state index contributed by atoms with van der Waals surface area (Å²) >= 11 is 0. The molecule has 7 heteroatoms. The first kappa shape index (κ1) is 13.5. The summed E-state index contributed by atoms with van der Waals surface area (Å²) in [7, 11) is -3.57. The molecule has 6 nitrogen and oxygen atoms in total. The van der Waals surface area contributed by atoms with Crippen molar-refractivity contribution in [3.8, 4) is 0 Å². The molecule has 1 fully saturated rings. The maximum absolute atomic E-state index is 12.3. The van der Waals surface area contributed by atoms with Crippen LogP contribution in [0.3, 0.4) is 0 Å². The Bertz CT molecular complexity index is 509. The normalized spacial score (nSPS) is 22.6. The fraction of sp³-hybridized carbons (Fsp3) is 0.727. The third-order valence-corrected chi connectivity index (χ3v) is 4.89. The maximum atomic E-state index is 12.3. The highest BCUT2D eigenvalue weighted by Gasteiger charge is 2.31. The van der Waals surface area contributed by atoms with Crippen LogP contribution in [0.1, 0.15) is 32.7 Å². The number of sulfonamides is 1. The summed E-state index contributed by atoms with van der Waals surface area (Å²) in [4.78, 5) is 3.96. The van der Waals surface area contributed by atoms with Crippen LogP contribution in [0.2, 0.25) is 0 Å². The molecule has 0 aromatic carbocycles. The van der Waals surface area contributed by atoms with Crippen LogP contribution >= 0.6 is 0 Å². The molecular formula is C11H19N3O3S. The minimum Gasteiger partial charge on any atom is -0.392 e. The summed E-state index contributed by atoms with van der Waals surface area (Å²) in [6.07, 6.45) is 3.84. The Balaban J connectivity index is 2.24. The lowest BCUT2D eigenvalue weighted by Gasteiger charge is -2.28. The molecule has 0 spiro atoms. The Morgan fingerprint density at radius 2 is 2.22 bits per heavy atom. The van der Waals surface area contributed by atoms with Crippen molar-refractivity contribution >= 4 is 10.0 Å². The van der Waals surface area contributed by atoms with Gasteiger partial charge in [0.05, 0.1) is 12.4 Å². The Morgan fingerprint density at radius 1 is 1.50 bits per heavy atom. The summed E-state index contributed by atoms with van der Waals surface area (Å²) in [5, 5.41) is 9.61. The molecule has 0 amide bonds. The molecule has 1 N–H and O–H groups in total. The maximum Gasteiger partial charge on any atom is 0.262 e. The van der Waals surface area contributed by atoms with Crippen molar-refractivity contribution in [2.75, 3.05) is 13.1 Å². The van der Waals surface area contributed by atoms with E-state index in [0.29, 0.717) is 19.4 Å². The molecule has 2 heterocycles. The van der Waals surface area contributed by atoms with Crippen LogP contribution in [0, 0.1) is 0 Å². The van der Waals surface area contributed by atoms with Crippen LogP contribution < -0.4 is 0 Å². The van der Waals surface area contributed by atoms with Gasteiger partial charge in [-0.05, 0) is 26.7 Å². The van der Waals surface area contributed by atoms with Crippen molar-refractivity contribution in [1.29, 1.82) is 0 Å². The van der Waals surface area contributed by atoms with Gasteiger partial charge in [0.1, 0.15) is 0 Å². The Morgan fingerprint density at radius 3 is 2.78 bits per heavy atom. The van der Waals surface area contributed by atoms with Gasteiger partial charge in [-0.3, -0.25) is 0 Å². The second kappa shape index (κ2) is 4.99. The monoisotopic (exact) mass is 273 g/mol. The Hall–Kier alpha value is -0.920. The van der Waals surface area contributed by atoms with Gasteiger partial charge >= 0.3 is 0 Å². The number of β-amino-alcohol motifs (C(OH)–C–C–N with tert-alkyl or cyclic N) is 1. The van der Waals surface area contributed by atoms with Gasteiger partial charge in [-0.2, -0.15) is 4.31 Å². The standard InChI is InChI=1S/C11H19N3O3S/c1-9(2)13-7-11(12-8-13)18(16,17)14-5-3-4-10(15)6-14/h7-10,15H,3-6H2,1-2H3. The lowest BCUT2D eigenvalue weighted by atomic mass is 10.1. The molecule has 1 aliphatic rings. The average Bonchev–Trinajstić information content (AvgIpc) is 2.79. The highest BCUT2D eigenvalue weighted by molar-refractivity contribution is 7.89. The van der Waals surface area contributed by atoms with Crippen LogP contribution in [0.25, 0.3) is 0 Å². The molecule has 2 rings (SSSR count). The molecule has 1 aliphatic heterocycles. The molecule has 0 bridgehead atoms. The van der Waals surface area contributed by atoms with Crippen molar-refractivity contribution in [3.63, 3.8) is 0 Å². The molecule has 0 aliphatic carbocycles. The van der Waals surface area contributed by atoms with Gasteiger partial charge in [-0.25, -0.2) is 13.4 Å². The summed E-state index contributed by atoms with van der Waals surface area (Å²) < 4.78 is 27.7. The Labute approximate surface area is 107 Å². The molecule has 1 aromatic rings. The van der Waals surface area contributed by atoms with E-state index in [9.17, 15) is 13.5 Å². The molecular weight excluding hydrogens is 254 g/mol. The zero-order valence-corrected chi connectivity index (χ0v) is 11.5. The summed E-state index contributed by atoms with van der Waals surface area (Å²) in [5.74, 6) is 0. The van der Waals surface area contributed by atoms with E-state index in [-0.39, 0.29) is 17.6 Å². The van der Waals surface area contributed by atoms with E-state index in [1.54, 1.807) is 10.8 Å². The number of rotatable bonds is 3. The zero-order valence-electron chi connectivity index (χ0n) is 10.7. The fourth-order valence-electron chi connectivity index (χ4n) is 2.00. The van der Waals surface area contributed by atoms with E-state index >= 15 is 0 Å². The third kappa shape index (κ3) is 2.57. The van der Waals surface area contributed by atoms with Crippen LogP contribution in [0.4, 0.5) is 0 Å². The first-order chi connectivity index (χ1) is 8.41. The molecule has 1 unspecified atom stereocenters. The molecule has 0 saturated carbocycles. The molecule has 1 aromatic heterocycles. The zero-order chi connectivity index (χ0) is 13.3. The lowest BCUT2D eigenvalue weighted by molar-refractivity contribution is 0.108. The van der Waals surface area contributed by atoms with Crippen molar-refractivity contribution in [1.82, 2.24) is 13.9 Å². The second-order valence-electron chi connectivity index (χ2n) is 4.91. The van der Waals surface area contributed by atoms with Gasteiger partial charge in [-0.15, -0.1) is 0 Å². The van der Waals surface area contributed by atoms with Crippen LogP contribution in [-0.4, -0.2) is 46.6 Å². The molecule has 18 heavy (non-hydrogen) atoms. The van der Waals surface area contributed by atoms with Gasteiger partial charge in [-0.1, -0.05) is 0 Å². The van der Waals surface area contributed by atoms with Gasteiger partial charge in [0.15, 0.2) is 5.03 Å². The second-order valence-corrected chi connectivity index (χ2v) is 6.80. The van der Waals surface area contributed by atoms with Gasteiger partial charge < -0.3 is 9.67 Å². The highest BCUT2D eigenvalue weighted by Crippen LogP contribution is 2.20. The van der Waals surface area contributed by atoms with Crippen LogP contribution in [-0.2, 0) is 10.0 Å². The van der Waals surface area contributed by atoms with Gasteiger partial charge in [0, 0.05) is 25.3 Å². The van der Waals surface area contributed by atoms with E-state index in [2.05, 4.69) is 4.98 Å². The number of imidazole rings is 1. The largest absolute Gasteiger partial charge is 0.392 e. The van der Waals surface area contributed by atoms with Crippen molar-refractivity contribution in [3.05, 3.63) is 12.5 Å². The number of piperidine rings is 1. The van der Waals surface area contributed by atoms with E-state index in [0.717, 1.165) is 0 Å². The quantitative estimate of drug-likeness (QED) is 0.875. The van der Waals surface area contributed by atoms with Gasteiger partial charge in [0.25, 0.3) is 10.0 Å². The molecule has 1 saturated heterocycles. The first-order valence-corrected chi connectivity index (χ1v) is 7.57. The number of aliphatic hydroxyl groups is 1. The summed E-state index contributed by atoms with van der Waals surface area (Å²) in [6.45, 7) is 4.54. The van der Waals surface area contributed by atoms with Crippen molar-refractivity contribution in [2.45, 2.75) is 43.9 Å². The topological polar surface area (TPSA) is 75.4 Å². The number of nitrogens with zero attached hydrogens (tertiary/aromatic N) is 3. The first-order valence-electron chi connectivity index (χ1n) is 6.13. The number of aliphatic hydroxyl groups excluding tert-OH is 1. The smallest absolute Gasteiger partial charge is 0.262 e. The van der Waals surface area contributed by atoms with Crippen LogP contribution in [0.5, 0.6) is 0 Å². The summed E-state index contributed by atoms with van der Waals surface area (Å²) in [6, 6.07) is 0.174.